The zero-order valence-corrected chi connectivity index (χ0v) is 17.8. The molecule has 2 aromatic carbocycles. The number of likely N-dealkylation sites (N-methyl/N-ethyl adjacent to an activating group) is 1. The molecule has 1 fully saturated rings. The lowest BCUT2D eigenvalue weighted by atomic mass is 10.1. The molecule has 2 aromatic rings. The van der Waals surface area contributed by atoms with Gasteiger partial charge in [0, 0.05) is 37.3 Å². The summed E-state index contributed by atoms with van der Waals surface area (Å²) in [5.74, 6) is 0. The van der Waals surface area contributed by atoms with Gasteiger partial charge in [-0.05, 0) is 37.7 Å². The maximum atomic E-state index is 12.9. The van der Waals surface area contributed by atoms with Gasteiger partial charge in [0.25, 0.3) is 5.69 Å². The number of rotatable bonds is 6. The first-order valence-electron chi connectivity index (χ1n) is 9.18. The minimum Gasteiger partial charge on any atom is -0.373 e. The van der Waals surface area contributed by atoms with Gasteiger partial charge in [0.05, 0.1) is 15.9 Å². The molecule has 1 heterocycles. The van der Waals surface area contributed by atoms with E-state index in [-0.39, 0.29) is 22.3 Å². The van der Waals surface area contributed by atoms with E-state index < -0.39 is 14.9 Å². The molecule has 0 aromatic heterocycles. The highest BCUT2D eigenvalue weighted by atomic mass is 35.5. The van der Waals surface area contributed by atoms with Crippen molar-refractivity contribution in [1.82, 2.24) is 9.21 Å². The van der Waals surface area contributed by atoms with E-state index in [9.17, 15) is 18.5 Å². The van der Waals surface area contributed by atoms with Gasteiger partial charge < -0.3 is 10.2 Å². The molecule has 0 saturated carbocycles. The van der Waals surface area contributed by atoms with Crippen LogP contribution in [0.4, 0.5) is 11.4 Å². The highest BCUT2D eigenvalue weighted by molar-refractivity contribution is 7.89. The first-order valence-corrected chi connectivity index (χ1v) is 11.0. The van der Waals surface area contributed by atoms with E-state index in [4.69, 9.17) is 11.6 Å². The third kappa shape index (κ3) is 4.69. The molecule has 0 spiro atoms. The SMILES string of the molecule is C[C@H](Nc1ccc(S(=O)(=O)N2CCN(C)CC2)cc1[N+](=O)[O-])c1ccccc1Cl. The molecule has 29 heavy (non-hydrogen) atoms. The molecule has 0 bridgehead atoms. The third-order valence-corrected chi connectivity index (χ3v) is 7.25. The van der Waals surface area contributed by atoms with Gasteiger partial charge in [0.1, 0.15) is 5.69 Å². The maximum absolute atomic E-state index is 12.9. The van der Waals surface area contributed by atoms with Gasteiger partial charge in [0.15, 0.2) is 0 Å². The van der Waals surface area contributed by atoms with E-state index in [0.717, 1.165) is 11.6 Å². The van der Waals surface area contributed by atoms with Crippen LogP contribution in [0.2, 0.25) is 5.02 Å². The fourth-order valence-corrected chi connectivity index (χ4v) is 5.00. The Hall–Kier alpha value is -2.20. The fraction of sp³-hybridized carbons (Fsp3) is 0.368. The monoisotopic (exact) mass is 438 g/mol. The van der Waals surface area contributed by atoms with Crippen LogP contribution in [0.3, 0.4) is 0 Å². The number of benzene rings is 2. The third-order valence-electron chi connectivity index (χ3n) is 5.01. The van der Waals surface area contributed by atoms with Crippen LogP contribution >= 0.6 is 11.6 Å². The van der Waals surface area contributed by atoms with Crippen molar-refractivity contribution < 1.29 is 13.3 Å². The summed E-state index contributed by atoms with van der Waals surface area (Å²) in [6, 6.07) is 10.9. The number of halogens is 1. The van der Waals surface area contributed by atoms with Crippen molar-refractivity contribution in [1.29, 1.82) is 0 Å². The number of nitro groups is 1. The summed E-state index contributed by atoms with van der Waals surface area (Å²) < 4.78 is 27.2. The molecule has 0 radical (unpaired) electrons. The van der Waals surface area contributed by atoms with Crippen LogP contribution in [0.15, 0.2) is 47.4 Å². The summed E-state index contributed by atoms with van der Waals surface area (Å²) in [6.45, 7) is 3.79. The van der Waals surface area contributed by atoms with Crippen LogP contribution in [0.5, 0.6) is 0 Å². The van der Waals surface area contributed by atoms with Crippen molar-refractivity contribution in [2.75, 3.05) is 38.5 Å². The number of nitrogens with zero attached hydrogens (tertiary/aromatic N) is 3. The number of nitrogens with one attached hydrogen (secondary N) is 1. The second-order valence-corrected chi connectivity index (χ2v) is 9.38. The predicted molar refractivity (Wildman–Crippen MR) is 113 cm³/mol. The van der Waals surface area contributed by atoms with Gasteiger partial charge in [-0.3, -0.25) is 10.1 Å². The lowest BCUT2D eigenvalue weighted by Gasteiger charge is -2.31. The fourth-order valence-electron chi connectivity index (χ4n) is 3.26. The molecule has 1 aliphatic rings. The van der Waals surface area contributed by atoms with Gasteiger partial charge in [-0.15, -0.1) is 0 Å². The average Bonchev–Trinajstić information content (AvgIpc) is 2.68. The Morgan fingerprint density at radius 3 is 2.41 bits per heavy atom. The van der Waals surface area contributed by atoms with E-state index in [0.29, 0.717) is 31.2 Å². The second-order valence-electron chi connectivity index (χ2n) is 7.03. The van der Waals surface area contributed by atoms with Crippen molar-refractivity contribution in [3.05, 3.63) is 63.2 Å². The molecule has 8 nitrogen and oxygen atoms in total. The van der Waals surface area contributed by atoms with Crippen LogP contribution in [0.25, 0.3) is 0 Å². The number of piperazine rings is 1. The number of hydrogen-bond donors (Lipinski definition) is 1. The lowest BCUT2D eigenvalue weighted by Crippen LogP contribution is -2.47. The largest absolute Gasteiger partial charge is 0.373 e. The van der Waals surface area contributed by atoms with Crippen LogP contribution < -0.4 is 5.32 Å². The molecule has 0 aliphatic carbocycles. The number of sulfonamides is 1. The van der Waals surface area contributed by atoms with E-state index in [1.807, 2.05) is 31.0 Å². The molecule has 1 saturated heterocycles. The highest BCUT2D eigenvalue weighted by Crippen LogP contribution is 2.33. The highest BCUT2D eigenvalue weighted by Gasteiger charge is 2.30. The van der Waals surface area contributed by atoms with Gasteiger partial charge in [0.2, 0.25) is 10.0 Å². The van der Waals surface area contributed by atoms with Crippen LogP contribution in [-0.4, -0.2) is 55.8 Å². The molecule has 1 aliphatic heterocycles. The Balaban J connectivity index is 1.89. The molecule has 1 N–H and O–H groups in total. The molecular weight excluding hydrogens is 416 g/mol. The van der Waals surface area contributed by atoms with E-state index in [1.54, 1.807) is 12.1 Å². The van der Waals surface area contributed by atoms with Crippen molar-refractivity contribution in [3.8, 4) is 0 Å². The quantitative estimate of drug-likeness (QED) is 0.548. The first-order chi connectivity index (χ1) is 13.7. The topological polar surface area (TPSA) is 95.8 Å². The Bertz CT molecular complexity index is 1010. The Labute approximate surface area is 175 Å². The first kappa shape index (κ1) is 21.5. The summed E-state index contributed by atoms with van der Waals surface area (Å²) in [4.78, 5) is 13.0. The summed E-state index contributed by atoms with van der Waals surface area (Å²) in [6.07, 6.45) is 0. The van der Waals surface area contributed by atoms with Gasteiger partial charge >= 0.3 is 0 Å². The number of nitro benzene ring substituents is 1. The number of hydrogen-bond acceptors (Lipinski definition) is 6. The van der Waals surface area contributed by atoms with Crippen molar-refractivity contribution in [2.24, 2.45) is 0 Å². The van der Waals surface area contributed by atoms with Crippen LogP contribution in [-0.2, 0) is 10.0 Å². The lowest BCUT2D eigenvalue weighted by molar-refractivity contribution is -0.384. The van der Waals surface area contributed by atoms with Crippen molar-refractivity contribution in [3.63, 3.8) is 0 Å². The zero-order chi connectivity index (χ0) is 21.2. The summed E-state index contributed by atoms with van der Waals surface area (Å²) in [5, 5.41) is 15.2. The standard InChI is InChI=1S/C19H23ClN4O4S/c1-14(16-5-3-4-6-17(16)20)21-18-8-7-15(13-19(18)24(25)26)29(27,28)23-11-9-22(2)10-12-23/h3-8,13-14,21H,9-12H2,1-2H3/t14-/m0/s1. The summed E-state index contributed by atoms with van der Waals surface area (Å²) in [5.41, 5.74) is 0.733. The number of anilines is 1. The molecule has 3 rings (SSSR count). The molecule has 0 unspecified atom stereocenters. The average molecular weight is 439 g/mol. The second kappa shape index (κ2) is 8.66. The molecule has 0 amide bonds. The Kier molecular flexibility index (Phi) is 6.42. The minimum atomic E-state index is -3.79. The van der Waals surface area contributed by atoms with Crippen molar-refractivity contribution in [2.45, 2.75) is 17.9 Å². The predicted octanol–water partition coefficient (Wildman–Crippen LogP) is 3.36. The van der Waals surface area contributed by atoms with Gasteiger partial charge in [-0.1, -0.05) is 29.8 Å². The summed E-state index contributed by atoms with van der Waals surface area (Å²) in [7, 11) is -1.87. The van der Waals surface area contributed by atoms with E-state index in [2.05, 4.69) is 5.32 Å². The molecule has 10 heteroatoms. The zero-order valence-electron chi connectivity index (χ0n) is 16.2. The molecule has 1 atom stereocenters. The van der Waals surface area contributed by atoms with E-state index in [1.165, 1.54) is 16.4 Å². The van der Waals surface area contributed by atoms with Crippen molar-refractivity contribution >= 4 is 33.0 Å². The smallest absolute Gasteiger partial charge is 0.293 e. The maximum Gasteiger partial charge on any atom is 0.293 e. The Morgan fingerprint density at radius 2 is 1.79 bits per heavy atom. The molecular formula is C19H23ClN4O4S. The van der Waals surface area contributed by atoms with Crippen LogP contribution in [0.1, 0.15) is 18.5 Å². The van der Waals surface area contributed by atoms with Gasteiger partial charge in [-0.2, -0.15) is 4.31 Å². The normalized spacial score (nSPS) is 17.1. The van der Waals surface area contributed by atoms with E-state index >= 15 is 0 Å². The van der Waals surface area contributed by atoms with Crippen LogP contribution in [0, 0.1) is 10.1 Å². The Morgan fingerprint density at radius 1 is 1.14 bits per heavy atom. The van der Waals surface area contributed by atoms with Gasteiger partial charge in [-0.25, -0.2) is 8.42 Å². The minimum absolute atomic E-state index is 0.0790. The molecule has 156 valence electrons. The summed E-state index contributed by atoms with van der Waals surface area (Å²) >= 11 is 6.21.